The minimum atomic E-state index is -0.196. The first kappa shape index (κ1) is 17.7. The van der Waals surface area contributed by atoms with E-state index in [9.17, 15) is 9.59 Å². The molecule has 27 heavy (non-hydrogen) atoms. The Morgan fingerprint density at radius 1 is 1.26 bits per heavy atom. The van der Waals surface area contributed by atoms with Crippen molar-refractivity contribution in [2.75, 3.05) is 33.2 Å². The molecule has 2 aliphatic heterocycles. The normalized spacial score (nSPS) is 21.3. The highest BCUT2D eigenvalue weighted by Gasteiger charge is 2.57. The van der Waals surface area contributed by atoms with Crippen molar-refractivity contribution in [1.29, 1.82) is 0 Å². The Kier molecular flexibility index (Phi) is 4.47. The summed E-state index contributed by atoms with van der Waals surface area (Å²) in [6, 6.07) is 10.3. The zero-order chi connectivity index (χ0) is 19.0. The lowest BCUT2D eigenvalue weighted by Crippen LogP contribution is -2.63. The van der Waals surface area contributed by atoms with Gasteiger partial charge in [-0.3, -0.25) is 14.5 Å². The van der Waals surface area contributed by atoms with Gasteiger partial charge in [0.05, 0.1) is 11.6 Å². The first-order chi connectivity index (χ1) is 13.0. The van der Waals surface area contributed by atoms with Crippen LogP contribution in [0.3, 0.4) is 0 Å². The molecule has 1 atom stereocenters. The van der Waals surface area contributed by atoms with E-state index in [0.29, 0.717) is 31.1 Å². The summed E-state index contributed by atoms with van der Waals surface area (Å²) in [6.07, 6.45) is 1.29. The maximum atomic E-state index is 12.6. The third-order valence-corrected chi connectivity index (χ3v) is 5.77. The first-order valence-corrected chi connectivity index (χ1v) is 9.20. The molecule has 1 unspecified atom stereocenters. The summed E-state index contributed by atoms with van der Waals surface area (Å²) in [6.45, 7) is 5.21. The van der Waals surface area contributed by atoms with Gasteiger partial charge in [-0.15, -0.1) is 0 Å². The van der Waals surface area contributed by atoms with Gasteiger partial charge in [-0.2, -0.15) is 0 Å². The van der Waals surface area contributed by atoms with Crippen molar-refractivity contribution in [2.45, 2.75) is 13.5 Å². The second-order valence-electron chi connectivity index (χ2n) is 7.61. The van der Waals surface area contributed by atoms with E-state index in [1.165, 1.54) is 12.0 Å². The van der Waals surface area contributed by atoms with Crippen molar-refractivity contribution in [3.63, 3.8) is 0 Å². The maximum Gasteiger partial charge on any atom is 0.291 e. The van der Waals surface area contributed by atoms with Gasteiger partial charge < -0.3 is 14.6 Å². The molecule has 7 heteroatoms. The minimum absolute atomic E-state index is 0.0495. The Balaban J connectivity index is 1.48. The predicted octanol–water partition coefficient (Wildman–Crippen LogP) is 1.30. The standard InChI is InChI=1S/C20H24N4O3/c1-14-17(27-13-22-14)19(26)24-11-20(12-24)10-23(9-16(20)18(25)21-2)8-15-6-4-3-5-7-15/h3-7,13,16H,8-12H2,1-2H3,(H,21,25). The third kappa shape index (κ3) is 3.12. The second kappa shape index (κ2) is 6.81. The molecule has 0 bridgehead atoms. The fourth-order valence-corrected chi connectivity index (χ4v) is 4.40. The van der Waals surface area contributed by atoms with E-state index in [1.54, 1.807) is 18.9 Å². The van der Waals surface area contributed by atoms with Crippen LogP contribution < -0.4 is 5.32 Å². The van der Waals surface area contributed by atoms with E-state index in [4.69, 9.17) is 4.42 Å². The molecule has 1 aromatic carbocycles. The largest absolute Gasteiger partial charge is 0.438 e. The fraction of sp³-hybridized carbons (Fsp3) is 0.450. The van der Waals surface area contributed by atoms with Gasteiger partial charge in [0.15, 0.2) is 6.39 Å². The molecule has 0 aliphatic carbocycles. The number of rotatable bonds is 4. The third-order valence-electron chi connectivity index (χ3n) is 5.77. The molecule has 2 amide bonds. The van der Waals surface area contributed by atoms with Crippen molar-refractivity contribution in [1.82, 2.24) is 20.1 Å². The van der Waals surface area contributed by atoms with Crippen LogP contribution in [0.5, 0.6) is 0 Å². The zero-order valence-corrected chi connectivity index (χ0v) is 15.6. The Bertz CT molecular complexity index is 842. The van der Waals surface area contributed by atoms with Crippen LogP contribution in [0.15, 0.2) is 41.1 Å². The van der Waals surface area contributed by atoms with Crippen LogP contribution in [-0.2, 0) is 11.3 Å². The van der Waals surface area contributed by atoms with E-state index in [2.05, 4.69) is 27.3 Å². The number of benzene rings is 1. The van der Waals surface area contributed by atoms with Crippen molar-refractivity contribution in [2.24, 2.45) is 11.3 Å². The molecule has 1 aromatic heterocycles. The van der Waals surface area contributed by atoms with E-state index in [-0.39, 0.29) is 23.1 Å². The SMILES string of the molecule is CNC(=O)C1CN(Cc2ccccc2)CC12CN(C(=O)c1ocnc1C)C2. The highest BCUT2D eigenvalue weighted by atomic mass is 16.3. The molecule has 1 N–H and O–H groups in total. The number of hydrogen-bond acceptors (Lipinski definition) is 5. The molecule has 3 heterocycles. The number of aromatic nitrogens is 1. The van der Waals surface area contributed by atoms with Crippen LogP contribution in [-0.4, -0.2) is 59.8 Å². The number of nitrogens with one attached hydrogen (secondary N) is 1. The highest BCUT2D eigenvalue weighted by molar-refractivity contribution is 5.93. The molecular weight excluding hydrogens is 344 g/mol. The topological polar surface area (TPSA) is 78.7 Å². The number of oxazole rings is 1. The smallest absolute Gasteiger partial charge is 0.291 e. The number of hydrogen-bond donors (Lipinski definition) is 1. The van der Waals surface area contributed by atoms with Crippen LogP contribution in [0, 0.1) is 18.3 Å². The highest BCUT2D eigenvalue weighted by Crippen LogP contribution is 2.45. The molecule has 1 spiro atoms. The quantitative estimate of drug-likeness (QED) is 0.880. The number of carbonyl (C=O) groups excluding carboxylic acids is 2. The lowest BCUT2D eigenvalue weighted by atomic mass is 9.71. The minimum Gasteiger partial charge on any atom is -0.438 e. The van der Waals surface area contributed by atoms with Gasteiger partial charge in [0, 0.05) is 45.2 Å². The maximum absolute atomic E-state index is 12.6. The lowest BCUT2D eigenvalue weighted by Gasteiger charge is -2.50. The summed E-state index contributed by atoms with van der Waals surface area (Å²) in [5.74, 6) is 0.0767. The molecule has 0 saturated carbocycles. The molecule has 7 nitrogen and oxygen atoms in total. The lowest BCUT2D eigenvalue weighted by molar-refractivity contribution is -0.130. The molecule has 2 aromatic rings. The van der Waals surface area contributed by atoms with Crippen LogP contribution >= 0.6 is 0 Å². The average Bonchev–Trinajstić information content (AvgIpc) is 3.24. The van der Waals surface area contributed by atoms with E-state index in [0.717, 1.165) is 13.1 Å². The van der Waals surface area contributed by atoms with E-state index < -0.39 is 0 Å². The monoisotopic (exact) mass is 368 g/mol. The van der Waals surface area contributed by atoms with Gasteiger partial charge in [-0.1, -0.05) is 30.3 Å². The van der Waals surface area contributed by atoms with Crippen molar-refractivity contribution >= 4 is 11.8 Å². The van der Waals surface area contributed by atoms with Gasteiger partial charge >= 0.3 is 0 Å². The zero-order valence-electron chi connectivity index (χ0n) is 15.6. The molecular formula is C20H24N4O3. The number of carbonyl (C=O) groups is 2. The summed E-state index contributed by atoms with van der Waals surface area (Å²) in [5.41, 5.74) is 1.63. The summed E-state index contributed by atoms with van der Waals surface area (Å²) in [4.78, 5) is 33.2. The molecule has 0 radical (unpaired) electrons. The van der Waals surface area contributed by atoms with Gasteiger partial charge in [-0.25, -0.2) is 4.98 Å². The summed E-state index contributed by atoms with van der Waals surface area (Å²) in [5, 5.41) is 2.80. The van der Waals surface area contributed by atoms with Crippen molar-refractivity contribution in [3.8, 4) is 0 Å². The molecule has 2 aliphatic rings. The van der Waals surface area contributed by atoms with Crippen LogP contribution in [0.1, 0.15) is 21.8 Å². The number of aryl methyl sites for hydroxylation is 1. The van der Waals surface area contributed by atoms with Gasteiger partial charge in [0.2, 0.25) is 11.7 Å². The molecule has 142 valence electrons. The van der Waals surface area contributed by atoms with E-state index in [1.807, 2.05) is 18.2 Å². The molecule has 2 fully saturated rings. The van der Waals surface area contributed by atoms with Gasteiger partial charge in [0.1, 0.15) is 0 Å². The Hall–Kier alpha value is -2.67. The van der Waals surface area contributed by atoms with Crippen molar-refractivity contribution in [3.05, 3.63) is 53.7 Å². The fourth-order valence-electron chi connectivity index (χ4n) is 4.40. The number of nitrogens with zero attached hydrogens (tertiary/aromatic N) is 3. The van der Waals surface area contributed by atoms with Crippen LogP contribution in [0.2, 0.25) is 0 Å². The number of amides is 2. The summed E-state index contributed by atoms with van der Waals surface area (Å²) >= 11 is 0. The van der Waals surface area contributed by atoms with E-state index >= 15 is 0 Å². The Morgan fingerprint density at radius 2 is 2.00 bits per heavy atom. The summed E-state index contributed by atoms with van der Waals surface area (Å²) in [7, 11) is 1.68. The predicted molar refractivity (Wildman–Crippen MR) is 98.9 cm³/mol. The van der Waals surface area contributed by atoms with Crippen LogP contribution in [0.25, 0.3) is 0 Å². The molecule has 2 saturated heterocycles. The first-order valence-electron chi connectivity index (χ1n) is 9.20. The average molecular weight is 368 g/mol. The van der Waals surface area contributed by atoms with Crippen molar-refractivity contribution < 1.29 is 14.0 Å². The van der Waals surface area contributed by atoms with Gasteiger partial charge in [-0.05, 0) is 12.5 Å². The van der Waals surface area contributed by atoms with Gasteiger partial charge in [0.25, 0.3) is 5.91 Å². The number of likely N-dealkylation sites (tertiary alicyclic amines) is 2. The summed E-state index contributed by atoms with van der Waals surface area (Å²) < 4.78 is 5.24. The molecule has 4 rings (SSSR count). The van der Waals surface area contributed by atoms with Crippen LogP contribution in [0.4, 0.5) is 0 Å². The Labute approximate surface area is 158 Å². The second-order valence-corrected chi connectivity index (χ2v) is 7.61. The Morgan fingerprint density at radius 3 is 2.63 bits per heavy atom.